The molecule has 0 heterocycles. The molecule has 1 amide bonds. The van der Waals surface area contributed by atoms with Crippen LogP contribution in [0.1, 0.15) is 11.5 Å². The number of carbonyl (C=O) groups excluding carboxylic acids is 1. The first-order valence-electron chi connectivity index (χ1n) is 6.00. The summed E-state index contributed by atoms with van der Waals surface area (Å²) in [5.41, 5.74) is 6.60. The first kappa shape index (κ1) is 14.4. The molecule has 0 aromatic heterocycles. The highest BCUT2D eigenvalue weighted by Crippen LogP contribution is 2.17. The predicted octanol–water partition coefficient (Wildman–Crippen LogP) is 0.736. The molecule has 0 spiro atoms. The van der Waals surface area contributed by atoms with Crippen molar-refractivity contribution >= 4 is 5.91 Å². The normalized spacial score (nSPS) is 11.9. The highest BCUT2D eigenvalue weighted by atomic mass is 16.3. The summed E-state index contributed by atoms with van der Waals surface area (Å²) in [7, 11) is 0. The van der Waals surface area contributed by atoms with Crippen LogP contribution < -0.4 is 5.73 Å². The van der Waals surface area contributed by atoms with Crippen LogP contribution in [0.5, 0.6) is 0 Å². The smallest absolute Gasteiger partial charge is 0.231 e. The molecule has 98 valence electrons. The van der Waals surface area contributed by atoms with Gasteiger partial charge in [-0.3, -0.25) is 4.79 Å². The summed E-state index contributed by atoms with van der Waals surface area (Å²) in [6.45, 7) is 4.52. The molecule has 4 heteroatoms. The molecule has 3 N–H and O–H groups in total. The zero-order valence-corrected chi connectivity index (χ0v) is 10.5. The molecule has 0 aliphatic carbocycles. The molecule has 1 unspecified atom stereocenters. The number of aliphatic hydroxyl groups is 1. The zero-order chi connectivity index (χ0) is 13.4. The second-order valence-electron chi connectivity index (χ2n) is 4.00. The molecule has 0 fully saturated rings. The van der Waals surface area contributed by atoms with Gasteiger partial charge in [0.1, 0.15) is 0 Å². The molecule has 0 radical (unpaired) electrons. The number of aliphatic hydroxyl groups excluding tert-OH is 1. The second kappa shape index (κ2) is 7.63. The van der Waals surface area contributed by atoms with Crippen LogP contribution in [0.25, 0.3) is 0 Å². The molecule has 0 bridgehead atoms. The van der Waals surface area contributed by atoms with Gasteiger partial charge in [0.15, 0.2) is 0 Å². The molecule has 1 atom stereocenters. The van der Waals surface area contributed by atoms with E-state index in [1.165, 1.54) is 0 Å². The van der Waals surface area contributed by atoms with Crippen LogP contribution in [0.3, 0.4) is 0 Å². The molecule has 1 rings (SSSR count). The van der Waals surface area contributed by atoms with Crippen LogP contribution in [-0.4, -0.2) is 42.2 Å². The summed E-state index contributed by atoms with van der Waals surface area (Å²) in [5, 5.41) is 8.98. The summed E-state index contributed by atoms with van der Waals surface area (Å²) in [6, 6.07) is 9.45. The number of hydrogen-bond donors (Lipinski definition) is 2. The van der Waals surface area contributed by atoms with Gasteiger partial charge >= 0.3 is 0 Å². The van der Waals surface area contributed by atoms with Gasteiger partial charge in [0.2, 0.25) is 5.91 Å². The van der Waals surface area contributed by atoms with E-state index in [0.29, 0.717) is 13.1 Å². The number of amides is 1. The highest BCUT2D eigenvalue weighted by molar-refractivity contribution is 5.84. The molecule has 0 saturated carbocycles. The van der Waals surface area contributed by atoms with E-state index in [9.17, 15) is 4.79 Å². The van der Waals surface area contributed by atoms with E-state index < -0.39 is 0 Å². The summed E-state index contributed by atoms with van der Waals surface area (Å²) in [6.07, 6.45) is 1.64. The predicted molar refractivity (Wildman–Crippen MR) is 72.1 cm³/mol. The zero-order valence-electron chi connectivity index (χ0n) is 10.5. The van der Waals surface area contributed by atoms with Crippen molar-refractivity contribution in [3.8, 4) is 0 Å². The Bertz CT molecular complexity index is 379. The van der Waals surface area contributed by atoms with E-state index in [4.69, 9.17) is 10.8 Å². The quantitative estimate of drug-likeness (QED) is 0.699. The van der Waals surface area contributed by atoms with Gasteiger partial charge in [-0.05, 0) is 5.56 Å². The van der Waals surface area contributed by atoms with Gasteiger partial charge in [0, 0.05) is 19.6 Å². The fraction of sp³-hybridized carbons (Fsp3) is 0.357. The molecule has 4 nitrogen and oxygen atoms in total. The Kier molecular flexibility index (Phi) is 6.11. The summed E-state index contributed by atoms with van der Waals surface area (Å²) >= 11 is 0. The number of benzene rings is 1. The van der Waals surface area contributed by atoms with Crippen LogP contribution in [-0.2, 0) is 4.79 Å². The van der Waals surface area contributed by atoms with E-state index in [0.717, 1.165) is 5.56 Å². The SMILES string of the molecule is C=CCN(CCO)C(=O)C(CN)c1ccccc1. The van der Waals surface area contributed by atoms with Crippen LogP contribution >= 0.6 is 0 Å². The molecule has 18 heavy (non-hydrogen) atoms. The molecule has 0 aliphatic rings. The van der Waals surface area contributed by atoms with Crippen molar-refractivity contribution in [3.05, 3.63) is 48.6 Å². The molecular weight excluding hydrogens is 228 g/mol. The van der Waals surface area contributed by atoms with Crippen LogP contribution in [0.2, 0.25) is 0 Å². The van der Waals surface area contributed by atoms with Gasteiger partial charge in [0.05, 0.1) is 12.5 Å². The fourth-order valence-electron chi connectivity index (χ4n) is 1.85. The largest absolute Gasteiger partial charge is 0.395 e. The molecule has 0 saturated heterocycles. The van der Waals surface area contributed by atoms with Crippen molar-refractivity contribution in [3.63, 3.8) is 0 Å². The number of hydrogen-bond acceptors (Lipinski definition) is 3. The maximum absolute atomic E-state index is 12.3. The van der Waals surface area contributed by atoms with Crippen molar-refractivity contribution in [2.75, 3.05) is 26.2 Å². The average Bonchev–Trinajstić information content (AvgIpc) is 2.40. The van der Waals surface area contributed by atoms with Gasteiger partial charge in [-0.15, -0.1) is 6.58 Å². The number of carbonyl (C=O) groups is 1. The first-order chi connectivity index (χ1) is 8.74. The Morgan fingerprint density at radius 2 is 2.11 bits per heavy atom. The lowest BCUT2D eigenvalue weighted by atomic mass is 9.97. The van der Waals surface area contributed by atoms with Crippen molar-refractivity contribution in [2.24, 2.45) is 5.73 Å². The van der Waals surface area contributed by atoms with E-state index in [1.54, 1.807) is 11.0 Å². The van der Waals surface area contributed by atoms with Gasteiger partial charge in [0.25, 0.3) is 0 Å². The Balaban J connectivity index is 2.86. The van der Waals surface area contributed by atoms with Gasteiger partial charge in [-0.2, -0.15) is 0 Å². The number of nitrogens with zero attached hydrogens (tertiary/aromatic N) is 1. The van der Waals surface area contributed by atoms with Gasteiger partial charge in [-0.1, -0.05) is 36.4 Å². The monoisotopic (exact) mass is 248 g/mol. The van der Waals surface area contributed by atoms with Crippen molar-refractivity contribution in [2.45, 2.75) is 5.92 Å². The van der Waals surface area contributed by atoms with Crippen molar-refractivity contribution < 1.29 is 9.90 Å². The Morgan fingerprint density at radius 1 is 1.44 bits per heavy atom. The van der Waals surface area contributed by atoms with E-state index in [1.807, 2.05) is 30.3 Å². The first-order valence-corrected chi connectivity index (χ1v) is 6.00. The number of rotatable bonds is 7. The summed E-state index contributed by atoms with van der Waals surface area (Å²) < 4.78 is 0. The third kappa shape index (κ3) is 3.68. The lowest BCUT2D eigenvalue weighted by molar-refractivity contribution is -0.132. The highest BCUT2D eigenvalue weighted by Gasteiger charge is 2.23. The van der Waals surface area contributed by atoms with E-state index in [2.05, 4.69) is 6.58 Å². The minimum atomic E-state index is -0.363. The third-order valence-corrected chi connectivity index (χ3v) is 2.77. The molecule has 1 aromatic rings. The summed E-state index contributed by atoms with van der Waals surface area (Å²) in [4.78, 5) is 13.9. The Morgan fingerprint density at radius 3 is 2.61 bits per heavy atom. The molecule has 0 aliphatic heterocycles. The maximum atomic E-state index is 12.3. The Hall–Kier alpha value is -1.65. The van der Waals surface area contributed by atoms with Crippen molar-refractivity contribution in [1.29, 1.82) is 0 Å². The second-order valence-corrected chi connectivity index (χ2v) is 4.00. The Labute approximate surface area is 108 Å². The van der Waals surface area contributed by atoms with Crippen LogP contribution in [0, 0.1) is 0 Å². The minimum absolute atomic E-state index is 0.0638. The van der Waals surface area contributed by atoms with Crippen LogP contribution in [0.15, 0.2) is 43.0 Å². The van der Waals surface area contributed by atoms with Crippen LogP contribution in [0.4, 0.5) is 0 Å². The van der Waals surface area contributed by atoms with Crippen molar-refractivity contribution in [1.82, 2.24) is 4.90 Å². The van der Waals surface area contributed by atoms with Gasteiger partial charge in [-0.25, -0.2) is 0 Å². The van der Waals surface area contributed by atoms with E-state index >= 15 is 0 Å². The van der Waals surface area contributed by atoms with E-state index in [-0.39, 0.29) is 25.0 Å². The average molecular weight is 248 g/mol. The third-order valence-electron chi connectivity index (χ3n) is 2.77. The molecular formula is C14H20N2O2. The summed E-state index contributed by atoms with van der Waals surface area (Å²) in [5.74, 6) is -0.435. The lowest BCUT2D eigenvalue weighted by Crippen LogP contribution is -2.39. The number of nitrogens with two attached hydrogens (primary N) is 1. The lowest BCUT2D eigenvalue weighted by Gasteiger charge is -2.25. The topological polar surface area (TPSA) is 66.6 Å². The minimum Gasteiger partial charge on any atom is -0.395 e. The fourth-order valence-corrected chi connectivity index (χ4v) is 1.85. The standard InChI is InChI=1S/C14H20N2O2/c1-2-8-16(9-10-17)14(18)13(11-15)12-6-4-3-5-7-12/h2-7,13,17H,1,8-11,15H2. The molecule has 1 aromatic carbocycles. The maximum Gasteiger partial charge on any atom is 0.231 e. The van der Waals surface area contributed by atoms with Gasteiger partial charge < -0.3 is 15.7 Å².